The Bertz CT molecular complexity index is 863. The fraction of sp³-hybridized carbons (Fsp3) is 0.118. The molecule has 3 rings (SSSR count). The molecule has 0 spiro atoms. The van der Waals surface area contributed by atoms with Gasteiger partial charge < -0.3 is 5.11 Å². The third-order valence-electron chi connectivity index (χ3n) is 3.51. The molecule has 118 valence electrons. The van der Waals surface area contributed by atoms with E-state index < -0.39 is 11.9 Å². The summed E-state index contributed by atoms with van der Waals surface area (Å²) in [5.41, 5.74) is -0.484. The standard InChI is InChI=1S/C17H11BrF3NO/c18-11-6-7-14-12(9-11)15(23)13(16(22-14)17(19,20)21)8-10-4-2-1-3-5-10/h1-7,9H,8H2,(H,22,23). The zero-order valence-corrected chi connectivity index (χ0v) is 13.3. The predicted octanol–water partition coefficient (Wildman–Crippen LogP) is 5.31. The quantitative estimate of drug-likeness (QED) is 0.652. The third-order valence-corrected chi connectivity index (χ3v) is 4.00. The Balaban J connectivity index is 2.26. The molecule has 0 atom stereocenters. The van der Waals surface area contributed by atoms with Crippen molar-refractivity contribution < 1.29 is 18.3 Å². The number of hydrogen-bond donors (Lipinski definition) is 1. The Morgan fingerprint density at radius 1 is 1.04 bits per heavy atom. The first-order chi connectivity index (χ1) is 10.9. The molecule has 0 aliphatic rings. The number of aromatic nitrogens is 1. The highest BCUT2D eigenvalue weighted by molar-refractivity contribution is 9.10. The summed E-state index contributed by atoms with van der Waals surface area (Å²) in [5, 5.41) is 10.7. The summed E-state index contributed by atoms with van der Waals surface area (Å²) >= 11 is 3.25. The first-order valence-electron chi connectivity index (χ1n) is 6.78. The van der Waals surface area contributed by atoms with Crippen LogP contribution in [0.15, 0.2) is 53.0 Å². The highest BCUT2D eigenvalue weighted by atomic mass is 79.9. The number of fused-ring (bicyclic) bond motifs is 1. The molecule has 0 aliphatic carbocycles. The maximum atomic E-state index is 13.4. The highest BCUT2D eigenvalue weighted by Crippen LogP contribution is 2.39. The summed E-state index contributed by atoms with van der Waals surface area (Å²) < 4.78 is 40.7. The van der Waals surface area contributed by atoms with Gasteiger partial charge in [0.15, 0.2) is 5.69 Å². The minimum absolute atomic E-state index is 0.0447. The summed E-state index contributed by atoms with van der Waals surface area (Å²) in [6, 6.07) is 13.3. The van der Waals surface area contributed by atoms with Crippen LogP contribution in [-0.2, 0) is 12.6 Å². The minimum atomic E-state index is -4.64. The number of halogens is 4. The smallest absolute Gasteiger partial charge is 0.433 e. The molecule has 0 aliphatic heterocycles. The number of nitrogens with zero attached hydrogens (tertiary/aromatic N) is 1. The van der Waals surface area contributed by atoms with Crippen LogP contribution in [0.4, 0.5) is 13.2 Å². The predicted molar refractivity (Wildman–Crippen MR) is 85.4 cm³/mol. The molecule has 0 unspecified atom stereocenters. The topological polar surface area (TPSA) is 33.1 Å². The monoisotopic (exact) mass is 381 g/mol. The minimum Gasteiger partial charge on any atom is -0.507 e. The van der Waals surface area contributed by atoms with Gasteiger partial charge in [0.1, 0.15) is 5.75 Å². The maximum absolute atomic E-state index is 13.4. The van der Waals surface area contributed by atoms with Crippen molar-refractivity contribution in [3.05, 3.63) is 69.8 Å². The number of pyridine rings is 1. The molecule has 1 N–H and O–H groups in total. The molecule has 23 heavy (non-hydrogen) atoms. The van der Waals surface area contributed by atoms with Crippen LogP contribution < -0.4 is 0 Å². The molecule has 1 aromatic heterocycles. The zero-order chi connectivity index (χ0) is 16.6. The van der Waals surface area contributed by atoms with Crippen LogP contribution in [0.3, 0.4) is 0 Å². The molecule has 2 nitrogen and oxygen atoms in total. The van der Waals surface area contributed by atoms with Crippen LogP contribution in [0.2, 0.25) is 0 Å². The first-order valence-corrected chi connectivity index (χ1v) is 7.58. The Morgan fingerprint density at radius 3 is 2.39 bits per heavy atom. The van der Waals surface area contributed by atoms with Gasteiger partial charge in [0.05, 0.1) is 5.52 Å². The lowest BCUT2D eigenvalue weighted by molar-refractivity contribution is -0.141. The summed E-state index contributed by atoms with van der Waals surface area (Å²) in [4.78, 5) is 3.74. The van der Waals surface area contributed by atoms with E-state index in [0.717, 1.165) is 0 Å². The van der Waals surface area contributed by atoms with Gasteiger partial charge in [-0.1, -0.05) is 46.3 Å². The van der Waals surface area contributed by atoms with Gasteiger partial charge >= 0.3 is 6.18 Å². The molecule has 0 fully saturated rings. The molecule has 1 heterocycles. The van der Waals surface area contributed by atoms with E-state index in [4.69, 9.17) is 0 Å². The number of hydrogen-bond acceptors (Lipinski definition) is 2. The number of benzene rings is 2. The van der Waals surface area contributed by atoms with E-state index in [9.17, 15) is 18.3 Å². The van der Waals surface area contributed by atoms with Gasteiger partial charge in [-0.25, -0.2) is 4.98 Å². The van der Waals surface area contributed by atoms with Crippen molar-refractivity contribution in [3.63, 3.8) is 0 Å². The van der Waals surface area contributed by atoms with Crippen LogP contribution in [-0.4, -0.2) is 10.1 Å². The van der Waals surface area contributed by atoms with Crippen LogP contribution >= 0.6 is 15.9 Å². The van der Waals surface area contributed by atoms with Crippen LogP contribution in [0.1, 0.15) is 16.8 Å². The molecule has 2 aromatic carbocycles. The molecule has 0 amide bonds. The fourth-order valence-corrected chi connectivity index (χ4v) is 2.82. The van der Waals surface area contributed by atoms with Crippen molar-refractivity contribution >= 4 is 26.8 Å². The molecule has 0 bridgehead atoms. The molecular formula is C17H11BrF3NO. The number of rotatable bonds is 2. The first kappa shape index (κ1) is 15.8. The fourth-order valence-electron chi connectivity index (χ4n) is 2.46. The van der Waals surface area contributed by atoms with Gasteiger partial charge in [0, 0.05) is 21.8 Å². The largest absolute Gasteiger partial charge is 0.507 e. The molecule has 0 saturated heterocycles. The van der Waals surface area contributed by atoms with Crippen LogP contribution in [0.25, 0.3) is 10.9 Å². The second kappa shape index (κ2) is 5.85. The van der Waals surface area contributed by atoms with E-state index in [-0.39, 0.29) is 23.3 Å². The van der Waals surface area contributed by atoms with E-state index in [0.29, 0.717) is 15.4 Å². The Hall–Kier alpha value is -2.08. The van der Waals surface area contributed by atoms with Crippen molar-refractivity contribution in [2.75, 3.05) is 0 Å². The Morgan fingerprint density at radius 2 is 1.74 bits per heavy atom. The van der Waals surface area contributed by atoms with E-state index in [1.54, 1.807) is 42.5 Å². The average molecular weight is 382 g/mol. The molecular weight excluding hydrogens is 371 g/mol. The van der Waals surface area contributed by atoms with Gasteiger partial charge in [-0.2, -0.15) is 13.2 Å². The average Bonchev–Trinajstić information content (AvgIpc) is 2.50. The third kappa shape index (κ3) is 3.17. The second-order valence-corrected chi connectivity index (χ2v) is 6.02. The normalized spacial score (nSPS) is 11.8. The van der Waals surface area contributed by atoms with Crippen molar-refractivity contribution in [1.82, 2.24) is 4.98 Å². The van der Waals surface area contributed by atoms with Gasteiger partial charge in [-0.15, -0.1) is 0 Å². The van der Waals surface area contributed by atoms with Crippen LogP contribution in [0.5, 0.6) is 5.75 Å². The van der Waals surface area contributed by atoms with Crippen molar-refractivity contribution in [3.8, 4) is 5.75 Å². The van der Waals surface area contributed by atoms with E-state index in [2.05, 4.69) is 20.9 Å². The van der Waals surface area contributed by atoms with Gasteiger partial charge in [-0.05, 0) is 23.8 Å². The molecule has 6 heteroatoms. The molecule has 3 aromatic rings. The lowest BCUT2D eigenvalue weighted by Crippen LogP contribution is -2.13. The van der Waals surface area contributed by atoms with Gasteiger partial charge in [-0.3, -0.25) is 0 Å². The molecule has 0 saturated carbocycles. The Labute approximate surface area is 138 Å². The number of alkyl halides is 3. The summed E-state index contributed by atoms with van der Waals surface area (Å²) in [7, 11) is 0. The van der Waals surface area contributed by atoms with Gasteiger partial charge in [0.2, 0.25) is 0 Å². The second-order valence-electron chi connectivity index (χ2n) is 5.11. The van der Waals surface area contributed by atoms with Crippen LogP contribution in [0, 0.1) is 0 Å². The lowest BCUT2D eigenvalue weighted by atomic mass is 9.99. The zero-order valence-electron chi connectivity index (χ0n) is 11.7. The Kier molecular flexibility index (Phi) is 4.02. The SMILES string of the molecule is Oc1c(Cc2ccccc2)c(C(F)(F)F)nc2ccc(Br)cc12. The lowest BCUT2D eigenvalue weighted by Gasteiger charge is -2.16. The van der Waals surface area contributed by atoms with Crippen molar-refractivity contribution in [1.29, 1.82) is 0 Å². The number of aromatic hydroxyl groups is 1. The van der Waals surface area contributed by atoms with E-state index in [1.165, 1.54) is 6.07 Å². The summed E-state index contributed by atoms with van der Waals surface area (Å²) in [6.07, 6.45) is -4.68. The van der Waals surface area contributed by atoms with E-state index in [1.807, 2.05) is 0 Å². The highest BCUT2D eigenvalue weighted by Gasteiger charge is 2.37. The molecule has 0 radical (unpaired) electrons. The van der Waals surface area contributed by atoms with Gasteiger partial charge in [0.25, 0.3) is 0 Å². The van der Waals surface area contributed by atoms with E-state index >= 15 is 0 Å². The maximum Gasteiger partial charge on any atom is 0.433 e. The van der Waals surface area contributed by atoms with Crippen molar-refractivity contribution in [2.45, 2.75) is 12.6 Å². The van der Waals surface area contributed by atoms with Crippen molar-refractivity contribution in [2.24, 2.45) is 0 Å². The summed E-state index contributed by atoms with van der Waals surface area (Å²) in [5.74, 6) is -0.382. The summed E-state index contributed by atoms with van der Waals surface area (Å²) in [6.45, 7) is 0.